The number of esters is 1. The van der Waals surface area contributed by atoms with Crippen LogP contribution in [0.25, 0.3) is 5.65 Å². The molecule has 2 aromatic rings. The van der Waals surface area contributed by atoms with Gasteiger partial charge in [-0.05, 0) is 18.6 Å². The molecule has 0 amide bonds. The Morgan fingerprint density at radius 1 is 1.45 bits per heavy atom. The van der Waals surface area contributed by atoms with E-state index < -0.39 is 15.8 Å². The number of nitrogens with zero attached hydrogens (tertiary/aromatic N) is 3. The van der Waals surface area contributed by atoms with E-state index in [-0.39, 0.29) is 17.4 Å². The minimum absolute atomic E-state index is 0.0796. The fraction of sp³-hybridized carbons (Fsp3) is 0.417. The summed E-state index contributed by atoms with van der Waals surface area (Å²) in [6.07, 6.45) is 2.26. The second kappa shape index (κ2) is 4.55. The van der Waals surface area contributed by atoms with Crippen molar-refractivity contribution in [1.82, 2.24) is 14.6 Å². The van der Waals surface area contributed by atoms with E-state index in [1.54, 1.807) is 22.7 Å². The minimum atomic E-state index is -2.99. The van der Waals surface area contributed by atoms with Crippen LogP contribution in [0.2, 0.25) is 0 Å². The lowest BCUT2D eigenvalue weighted by atomic mass is 10.1. The monoisotopic (exact) mass is 295 g/mol. The molecule has 7 nitrogen and oxygen atoms in total. The molecule has 3 rings (SSSR count). The van der Waals surface area contributed by atoms with Gasteiger partial charge in [0, 0.05) is 12.1 Å². The summed E-state index contributed by atoms with van der Waals surface area (Å²) in [5.74, 6) is 0.155. The van der Waals surface area contributed by atoms with Crippen LogP contribution in [-0.2, 0) is 14.6 Å². The van der Waals surface area contributed by atoms with E-state index >= 15 is 0 Å². The lowest BCUT2D eigenvalue weighted by Crippen LogP contribution is -2.08. The van der Waals surface area contributed by atoms with Gasteiger partial charge in [0.25, 0.3) is 0 Å². The Hall–Kier alpha value is -1.96. The maximum Gasteiger partial charge on any atom is 0.341 e. The van der Waals surface area contributed by atoms with Crippen LogP contribution in [0, 0.1) is 0 Å². The summed E-state index contributed by atoms with van der Waals surface area (Å²) in [5.41, 5.74) is 0.702. The van der Waals surface area contributed by atoms with Crippen molar-refractivity contribution < 1.29 is 17.9 Å². The highest BCUT2D eigenvalue weighted by atomic mass is 32.2. The van der Waals surface area contributed by atoms with E-state index in [0.717, 1.165) is 0 Å². The van der Waals surface area contributed by atoms with Crippen molar-refractivity contribution in [2.75, 3.05) is 18.6 Å². The Morgan fingerprint density at radius 2 is 2.25 bits per heavy atom. The van der Waals surface area contributed by atoms with Crippen LogP contribution in [0.4, 0.5) is 0 Å². The molecule has 0 spiro atoms. The summed E-state index contributed by atoms with van der Waals surface area (Å²) in [6.45, 7) is 0. The molecule has 0 N–H and O–H groups in total. The van der Waals surface area contributed by atoms with Crippen molar-refractivity contribution in [3.8, 4) is 0 Å². The van der Waals surface area contributed by atoms with E-state index in [4.69, 9.17) is 4.74 Å². The zero-order valence-corrected chi connectivity index (χ0v) is 11.6. The summed E-state index contributed by atoms with van der Waals surface area (Å²) in [7, 11) is -1.70. The minimum Gasteiger partial charge on any atom is -0.465 e. The van der Waals surface area contributed by atoms with Crippen LogP contribution in [0.15, 0.2) is 18.3 Å². The molecule has 0 aliphatic carbocycles. The van der Waals surface area contributed by atoms with Gasteiger partial charge in [0.1, 0.15) is 11.4 Å². The number of sulfone groups is 1. The van der Waals surface area contributed by atoms with Gasteiger partial charge in [-0.3, -0.25) is 4.40 Å². The van der Waals surface area contributed by atoms with Crippen LogP contribution >= 0.6 is 0 Å². The number of aromatic nitrogens is 3. The predicted octanol–water partition coefficient (Wildman–Crippen LogP) is 0.418. The first kappa shape index (κ1) is 13.0. The maximum absolute atomic E-state index is 11.7. The van der Waals surface area contributed by atoms with E-state index in [1.165, 1.54) is 7.11 Å². The standard InChI is InChI=1S/C12H13N3O4S/c1-19-12(16)9-3-2-5-15-10(13-14-11(9)15)8-4-6-20(17,18)7-8/h2-3,5,8H,4,6-7H2,1H3. The molecular formula is C12H13N3O4S. The van der Waals surface area contributed by atoms with Crippen LogP contribution in [0.1, 0.15) is 28.5 Å². The summed E-state index contributed by atoms with van der Waals surface area (Å²) in [4.78, 5) is 11.7. The third kappa shape index (κ3) is 2.05. The summed E-state index contributed by atoms with van der Waals surface area (Å²) >= 11 is 0. The number of pyridine rings is 1. The number of ether oxygens (including phenoxy) is 1. The molecule has 1 aliphatic heterocycles. The van der Waals surface area contributed by atoms with Crippen molar-refractivity contribution in [3.63, 3.8) is 0 Å². The lowest BCUT2D eigenvalue weighted by Gasteiger charge is -2.06. The SMILES string of the molecule is COC(=O)c1cccn2c(C3CCS(=O)(=O)C3)nnc12. The van der Waals surface area contributed by atoms with Gasteiger partial charge in [0.05, 0.1) is 18.6 Å². The zero-order valence-electron chi connectivity index (χ0n) is 10.8. The van der Waals surface area contributed by atoms with Crippen molar-refractivity contribution >= 4 is 21.5 Å². The van der Waals surface area contributed by atoms with Gasteiger partial charge in [-0.1, -0.05) is 0 Å². The molecule has 106 valence electrons. The topological polar surface area (TPSA) is 90.6 Å². The molecule has 0 bridgehead atoms. The van der Waals surface area contributed by atoms with Crippen molar-refractivity contribution in [2.24, 2.45) is 0 Å². The number of hydrogen-bond acceptors (Lipinski definition) is 6. The van der Waals surface area contributed by atoms with Crippen LogP contribution in [0.5, 0.6) is 0 Å². The highest BCUT2D eigenvalue weighted by molar-refractivity contribution is 7.91. The number of methoxy groups -OCH3 is 1. The van der Waals surface area contributed by atoms with Crippen molar-refractivity contribution in [1.29, 1.82) is 0 Å². The lowest BCUT2D eigenvalue weighted by molar-refractivity contribution is 0.0602. The van der Waals surface area contributed by atoms with Gasteiger partial charge in [0.15, 0.2) is 15.5 Å². The number of rotatable bonds is 2. The van der Waals surface area contributed by atoms with Crippen molar-refractivity contribution in [2.45, 2.75) is 12.3 Å². The fourth-order valence-corrected chi connectivity index (χ4v) is 4.22. The highest BCUT2D eigenvalue weighted by Gasteiger charge is 2.32. The number of hydrogen-bond donors (Lipinski definition) is 0. The van der Waals surface area contributed by atoms with Crippen LogP contribution in [0.3, 0.4) is 0 Å². The van der Waals surface area contributed by atoms with Gasteiger partial charge < -0.3 is 4.74 Å². The van der Waals surface area contributed by atoms with E-state index in [2.05, 4.69) is 10.2 Å². The maximum atomic E-state index is 11.7. The Labute approximate surface area is 115 Å². The summed E-state index contributed by atoms with van der Waals surface area (Å²) in [5, 5.41) is 8.06. The smallest absolute Gasteiger partial charge is 0.341 e. The molecule has 0 aromatic carbocycles. The Kier molecular flexibility index (Phi) is 2.97. The number of carbonyl (C=O) groups excluding carboxylic acids is 1. The molecule has 3 heterocycles. The Balaban J connectivity index is 2.09. The average Bonchev–Trinajstić information content (AvgIpc) is 3.00. The first-order chi connectivity index (χ1) is 9.52. The van der Waals surface area contributed by atoms with Crippen LogP contribution in [-0.4, -0.2) is 47.6 Å². The largest absolute Gasteiger partial charge is 0.465 e. The first-order valence-corrected chi connectivity index (χ1v) is 7.96. The molecule has 0 saturated carbocycles. The molecule has 1 unspecified atom stereocenters. The summed E-state index contributed by atoms with van der Waals surface area (Å²) in [6, 6.07) is 3.29. The summed E-state index contributed by atoms with van der Waals surface area (Å²) < 4.78 is 29.5. The molecule has 2 aromatic heterocycles. The van der Waals surface area contributed by atoms with Gasteiger partial charge in [-0.25, -0.2) is 13.2 Å². The molecule has 1 saturated heterocycles. The molecule has 0 radical (unpaired) electrons. The number of fused-ring (bicyclic) bond motifs is 1. The van der Waals surface area contributed by atoms with Gasteiger partial charge in [-0.2, -0.15) is 0 Å². The Morgan fingerprint density at radius 3 is 2.90 bits per heavy atom. The molecule has 1 atom stereocenters. The van der Waals surface area contributed by atoms with Gasteiger partial charge in [-0.15, -0.1) is 10.2 Å². The van der Waals surface area contributed by atoms with Crippen molar-refractivity contribution in [3.05, 3.63) is 29.7 Å². The third-order valence-corrected chi connectivity index (χ3v) is 5.23. The fourth-order valence-electron chi connectivity index (χ4n) is 2.48. The molecule has 1 fully saturated rings. The number of carbonyl (C=O) groups is 1. The first-order valence-electron chi connectivity index (χ1n) is 6.14. The quantitative estimate of drug-likeness (QED) is 0.746. The molecule has 20 heavy (non-hydrogen) atoms. The van der Waals surface area contributed by atoms with E-state index in [1.807, 2.05) is 0 Å². The molecule has 1 aliphatic rings. The van der Waals surface area contributed by atoms with Crippen LogP contribution < -0.4 is 0 Å². The second-order valence-corrected chi connectivity index (χ2v) is 6.99. The predicted molar refractivity (Wildman–Crippen MR) is 70.3 cm³/mol. The van der Waals surface area contributed by atoms with Gasteiger partial charge in [0.2, 0.25) is 0 Å². The molecular weight excluding hydrogens is 282 g/mol. The third-order valence-electron chi connectivity index (χ3n) is 3.46. The van der Waals surface area contributed by atoms with Gasteiger partial charge >= 0.3 is 5.97 Å². The molecule has 8 heteroatoms. The van der Waals surface area contributed by atoms with E-state index in [0.29, 0.717) is 23.5 Å². The second-order valence-electron chi connectivity index (χ2n) is 4.77. The van der Waals surface area contributed by atoms with E-state index in [9.17, 15) is 13.2 Å². The Bertz CT molecular complexity index is 781. The normalized spacial score (nSPS) is 21.1. The average molecular weight is 295 g/mol. The highest BCUT2D eigenvalue weighted by Crippen LogP contribution is 2.28. The zero-order chi connectivity index (χ0) is 14.3.